The Bertz CT molecular complexity index is 2400. The molecule has 1 aliphatic rings. The van der Waals surface area contributed by atoms with Crippen LogP contribution in [0.3, 0.4) is 0 Å². The Hall–Kier alpha value is -6.91. The van der Waals surface area contributed by atoms with E-state index in [0.29, 0.717) is 16.7 Å². The minimum Gasteiger partial charge on any atom is -0.373 e. The van der Waals surface area contributed by atoms with Crippen molar-refractivity contribution in [3.63, 3.8) is 0 Å². The number of hydrogen-bond donors (Lipinski definition) is 0. The molecule has 0 bridgehead atoms. The lowest BCUT2D eigenvalue weighted by Gasteiger charge is -2.28. The summed E-state index contributed by atoms with van der Waals surface area (Å²) in [5.74, 6) is 0.0509. The summed E-state index contributed by atoms with van der Waals surface area (Å²) in [7, 11) is -4.00. The summed E-state index contributed by atoms with van der Waals surface area (Å²) >= 11 is 0. The third kappa shape index (κ3) is 5.76. The molecule has 246 valence electrons. The van der Waals surface area contributed by atoms with E-state index in [4.69, 9.17) is 13.1 Å². The Kier molecular flexibility index (Phi) is 8.56. The van der Waals surface area contributed by atoms with Crippen LogP contribution in [0.1, 0.15) is 0 Å². The van der Waals surface area contributed by atoms with Crippen molar-refractivity contribution in [3.8, 4) is 44.5 Å². The molecule has 7 aromatic rings. The third-order valence-corrected chi connectivity index (χ3v) is 12.1. The zero-order chi connectivity index (χ0) is 35.5. The van der Waals surface area contributed by atoms with Gasteiger partial charge in [0.15, 0.2) is 0 Å². The molecule has 0 aromatic heterocycles. The van der Waals surface area contributed by atoms with E-state index in [1.165, 1.54) is 0 Å². The van der Waals surface area contributed by atoms with Gasteiger partial charge in [0.05, 0.1) is 5.30 Å². The topological polar surface area (TPSA) is 32.3 Å². The van der Waals surface area contributed by atoms with Crippen LogP contribution in [-0.4, -0.2) is 0 Å². The van der Waals surface area contributed by atoms with Crippen molar-refractivity contribution >= 4 is 24.1 Å². The molecule has 0 fully saturated rings. The van der Waals surface area contributed by atoms with Crippen LogP contribution in [0.15, 0.2) is 200 Å². The van der Waals surface area contributed by atoms with Crippen LogP contribution in [0.4, 0.5) is 11.4 Å². The molecule has 5 nitrogen and oxygen atoms in total. The van der Waals surface area contributed by atoms with Crippen molar-refractivity contribution in [3.05, 3.63) is 223 Å². The molecule has 1 aliphatic heterocycles. The van der Waals surface area contributed by atoms with E-state index < -0.39 is 7.44 Å². The highest BCUT2D eigenvalue weighted by atomic mass is 31.2. The number of benzene rings is 7. The van der Waals surface area contributed by atoms with Crippen LogP contribution in [0.25, 0.3) is 54.2 Å². The maximum Gasteiger partial charge on any atom is 0.429 e. The van der Waals surface area contributed by atoms with Crippen molar-refractivity contribution < 1.29 is 4.57 Å². The van der Waals surface area contributed by atoms with Gasteiger partial charge >= 0.3 is 7.44 Å². The molecule has 6 heteroatoms. The second kappa shape index (κ2) is 13.8. The molecule has 8 rings (SSSR count). The fourth-order valence-corrected chi connectivity index (χ4v) is 9.72. The Morgan fingerprint density at radius 1 is 0.365 bits per heavy atom. The number of rotatable bonds is 7. The summed E-state index contributed by atoms with van der Waals surface area (Å²) in [6, 6.07) is 61.8. The summed E-state index contributed by atoms with van der Waals surface area (Å²) in [5.41, 5.74) is 9.10. The minimum absolute atomic E-state index is 0.0255. The number of nitrogens with zero attached hydrogens (tertiary/aromatic N) is 4. The average molecular weight is 687 g/mol. The van der Waals surface area contributed by atoms with Gasteiger partial charge in [-0.1, -0.05) is 147 Å². The average Bonchev–Trinajstić information content (AvgIpc) is 3.50. The predicted molar refractivity (Wildman–Crippen MR) is 213 cm³/mol. The van der Waals surface area contributed by atoms with Gasteiger partial charge in [-0.05, 0) is 99.1 Å². The van der Waals surface area contributed by atoms with E-state index in [1.54, 1.807) is 9.34 Å². The molecular formula is C46H31N4OP. The smallest absolute Gasteiger partial charge is 0.373 e. The first-order valence-corrected chi connectivity index (χ1v) is 18.5. The van der Waals surface area contributed by atoms with Crippen LogP contribution >= 0.6 is 7.44 Å². The van der Waals surface area contributed by atoms with Crippen molar-refractivity contribution in [1.29, 1.82) is 0 Å². The lowest BCUT2D eigenvalue weighted by Crippen LogP contribution is -2.29. The molecule has 0 spiro atoms. The fraction of sp³-hybridized carbons (Fsp3) is 0. The van der Waals surface area contributed by atoms with Crippen molar-refractivity contribution in [2.24, 2.45) is 0 Å². The predicted octanol–water partition coefficient (Wildman–Crippen LogP) is 12.2. The lowest BCUT2D eigenvalue weighted by atomic mass is 9.95. The first-order valence-electron chi connectivity index (χ1n) is 16.9. The highest BCUT2D eigenvalue weighted by molar-refractivity contribution is 7.75. The number of anilines is 2. The maximum atomic E-state index is 16.5. The van der Waals surface area contributed by atoms with Crippen molar-refractivity contribution in [2.75, 3.05) is 9.34 Å². The summed E-state index contributed by atoms with van der Waals surface area (Å²) in [6.07, 6.45) is 0. The number of hydrogen-bond acceptors (Lipinski definition) is 1. The van der Waals surface area contributed by atoms with E-state index in [9.17, 15) is 0 Å². The largest absolute Gasteiger partial charge is 0.429 e. The molecular weight excluding hydrogens is 656 g/mol. The summed E-state index contributed by atoms with van der Waals surface area (Å²) in [4.78, 5) is 7.75. The molecule has 0 atom stereocenters. The molecule has 0 saturated heterocycles. The van der Waals surface area contributed by atoms with E-state index in [2.05, 4.69) is 76.4 Å². The van der Waals surface area contributed by atoms with Gasteiger partial charge in [-0.2, -0.15) is 0 Å². The normalized spacial score (nSPS) is 13.4. The first kappa shape index (κ1) is 32.3. The highest BCUT2D eigenvalue weighted by Gasteiger charge is 2.57. The maximum absolute atomic E-state index is 16.5. The first-order chi connectivity index (χ1) is 25.6. The molecule has 7 aromatic carbocycles. The summed E-state index contributed by atoms with van der Waals surface area (Å²) < 4.78 is 19.7. The van der Waals surface area contributed by atoms with Crippen molar-refractivity contribution in [1.82, 2.24) is 0 Å². The van der Waals surface area contributed by atoms with Crippen LogP contribution in [-0.2, 0) is 4.57 Å². The van der Waals surface area contributed by atoms with Gasteiger partial charge in [-0.25, -0.2) is 13.9 Å². The molecule has 52 heavy (non-hydrogen) atoms. The molecule has 0 N–H and O–H groups in total. The third-order valence-electron chi connectivity index (χ3n) is 9.22. The van der Waals surface area contributed by atoms with Gasteiger partial charge in [0.25, 0.3) is 11.6 Å². The molecule has 0 saturated carbocycles. The lowest BCUT2D eigenvalue weighted by molar-refractivity contribution is 0.581. The van der Waals surface area contributed by atoms with Gasteiger partial charge in [0, 0.05) is 0 Å². The second-order valence-corrected chi connectivity index (χ2v) is 14.8. The number of para-hydroxylation sites is 2. The Labute approximate surface area is 304 Å². The molecule has 0 unspecified atom stereocenters. The van der Waals surface area contributed by atoms with Crippen molar-refractivity contribution in [2.45, 2.75) is 0 Å². The SMILES string of the molecule is [C-]#[N+]C1=C([N+]#[C-])N(c2ccccc2)P(=O)(c2cc(-c3cccc(-c4ccccc4)c3)cc(-c3cccc(-c4ccccc4)c3)c2)N1c1ccccc1. The molecule has 0 amide bonds. The van der Waals surface area contributed by atoms with Gasteiger partial charge in [-0.15, -0.1) is 0 Å². The van der Waals surface area contributed by atoms with Crippen LogP contribution in [0, 0.1) is 13.1 Å². The van der Waals surface area contributed by atoms with Gasteiger partial charge in [-0.3, -0.25) is 0 Å². The Balaban J connectivity index is 1.41. The van der Waals surface area contributed by atoms with Gasteiger partial charge < -0.3 is 9.69 Å². The summed E-state index contributed by atoms with van der Waals surface area (Å²) in [6.45, 7) is 16.6. The zero-order valence-corrected chi connectivity index (χ0v) is 28.9. The van der Waals surface area contributed by atoms with Gasteiger partial charge in [0.2, 0.25) is 0 Å². The summed E-state index contributed by atoms with van der Waals surface area (Å²) in [5, 5.41) is 0.503. The van der Waals surface area contributed by atoms with E-state index >= 15 is 4.57 Å². The minimum atomic E-state index is -4.00. The Morgan fingerprint density at radius 2 is 0.673 bits per heavy atom. The van der Waals surface area contributed by atoms with Crippen LogP contribution in [0.5, 0.6) is 0 Å². The molecule has 1 heterocycles. The zero-order valence-electron chi connectivity index (χ0n) is 28.0. The molecule has 0 radical (unpaired) electrons. The van der Waals surface area contributed by atoms with Crippen LogP contribution in [0.2, 0.25) is 0 Å². The second-order valence-electron chi connectivity index (χ2n) is 12.4. The van der Waals surface area contributed by atoms with E-state index in [0.717, 1.165) is 44.5 Å². The quantitative estimate of drug-likeness (QED) is 0.124. The Morgan fingerprint density at radius 3 is 1.04 bits per heavy atom. The van der Waals surface area contributed by atoms with E-state index in [-0.39, 0.29) is 11.6 Å². The standard InChI is InChI=1S/C46H31N4OP/c1-47-45-46(48-2)50(43-27-13-6-14-28-43)52(51,49(45)42-25-11-5-12-26-42)44-32-40(38-23-15-21-36(29-38)34-17-7-3-8-18-34)31-41(33-44)39-24-16-22-37(30-39)35-19-9-4-10-20-35/h3-33H. The van der Waals surface area contributed by atoms with Crippen LogP contribution < -0.4 is 14.6 Å². The molecule has 0 aliphatic carbocycles. The fourth-order valence-electron chi connectivity index (χ4n) is 6.79. The monoisotopic (exact) mass is 686 g/mol. The van der Waals surface area contributed by atoms with E-state index in [1.807, 2.05) is 121 Å². The van der Waals surface area contributed by atoms with Gasteiger partial charge in [0.1, 0.15) is 11.4 Å². The highest BCUT2D eigenvalue weighted by Crippen LogP contribution is 2.65.